The fraction of sp³-hybridized carbons (Fsp3) is 0.409. The normalized spacial score (nSPS) is 22.3. The topological polar surface area (TPSA) is 167 Å². The van der Waals surface area contributed by atoms with Crippen LogP contribution in [0.25, 0.3) is 33.6 Å². The minimum absolute atomic E-state index is 0.0555. The van der Waals surface area contributed by atoms with E-state index in [0.717, 1.165) is 78.0 Å². The lowest BCUT2D eigenvalue weighted by Crippen LogP contribution is -2.54. The Bertz CT molecular complexity index is 2170. The van der Waals surface area contributed by atoms with E-state index >= 15 is 0 Å². The van der Waals surface area contributed by atoms with Crippen LogP contribution in [0, 0.1) is 17.8 Å². The summed E-state index contributed by atoms with van der Waals surface area (Å²) < 4.78 is 10.2. The number of nitrogens with one attached hydrogen (secondary N) is 4. The number of rotatable bonds is 13. The molecule has 13 heteroatoms. The van der Waals surface area contributed by atoms with E-state index in [1.54, 1.807) is 30.4 Å². The summed E-state index contributed by atoms with van der Waals surface area (Å²) in [6, 6.07) is 19.6. The number of benzene rings is 2. The lowest BCUT2D eigenvalue weighted by atomic mass is 9.78. The van der Waals surface area contributed by atoms with E-state index in [0.29, 0.717) is 30.7 Å². The first-order valence-electron chi connectivity index (χ1n) is 20.0. The smallest absolute Gasteiger partial charge is 0.407 e. The van der Waals surface area contributed by atoms with Gasteiger partial charge in [-0.2, -0.15) is 0 Å². The van der Waals surface area contributed by atoms with Crippen molar-refractivity contribution in [2.45, 2.75) is 69.6 Å². The summed E-state index contributed by atoms with van der Waals surface area (Å²) in [7, 11) is 2.77. The van der Waals surface area contributed by atoms with Gasteiger partial charge in [0.05, 0.1) is 49.0 Å². The van der Waals surface area contributed by atoms with Gasteiger partial charge >= 0.3 is 6.09 Å². The number of nitrogens with zero attached hydrogens (tertiary/aromatic N) is 4. The van der Waals surface area contributed by atoms with Crippen molar-refractivity contribution in [3.05, 3.63) is 103 Å². The Labute approximate surface area is 332 Å². The van der Waals surface area contributed by atoms with E-state index in [9.17, 15) is 14.4 Å². The summed E-state index contributed by atoms with van der Waals surface area (Å²) in [5, 5.41) is 5.86. The highest BCUT2D eigenvalue weighted by Crippen LogP contribution is 2.56. The van der Waals surface area contributed by atoms with Gasteiger partial charge in [-0.05, 0) is 97.2 Å². The summed E-state index contributed by atoms with van der Waals surface area (Å²) in [5.74, 6) is 2.47. The Kier molecular flexibility index (Phi) is 11.2. The van der Waals surface area contributed by atoms with Crippen LogP contribution in [0.5, 0.6) is 0 Å². The van der Waals surface area contributed by atoms with E-state index in [-0.39, 0.29) is 29.7 Å². The fourth-order valence-electron chi connectivity index (χ4n) is 9.24. The van der Waals surface area contributed by atoms with Gasteiger partial charge in [0.15, 0.2) is 0 Å². The number of carbonyl (C=O) groups is 3. The van der Waals surface area contributed by atoms with E-state index in [1.807, 2.05) is 18.3 Å². The lowest BCUT2D eigenvalue weighted by Gasteiger charge is -2.30. The van der Waals surface area contributed by atoms with Crippen molar-refractivity contribution in [2.75, 3.05) is 27.3 Å². The standard InChI is InChI=1S/C44H50N8O5/c1-26(56-2)39(51-44(55)57-3)43(54)52-22-4-5-36(52)40-47-24-34(49-40)30-10-6-28(7-11-30)29-8-12-31(13-9-29)35-25-48-41(50-35)37-32-14-15-33(23-32)38(37)42(53)46-21-18-27-16-19-45-20-17-27/h6-13,16-17,19-20,24-26,32-33,36-39H,4-5,14-15,18,21-23H2,1-3H3,(H,46,53)(H,47,49)(H,48,50)(H,51,55)/t26-,32?,33?,36+,37+,38+,39+/m1/s1. The number of pyridine rings is 1. The molecule has 13 nitrogen and oxygen atoms in total. The predicted molar refractivity (Wildman–Crippen MR) is 215 cm³/mol. The van der Waals surface area contributed by atoms with Crippen LogP contribution < -0.4 is 10.6 Å². The van der Waals surface area contributed by atoms with Gasteiger partial charge in [-0.15, -0.1) is 0 Å². The average molecular weight is 771 g/mol. The Balaban J connectivity index is 0.906. The largest absolute Gasteiger partial charge is 0.453 e. The quantitative estimate of drug-likeness (QED) is 0.106. The molecule has 4 heterocycles. The molecular weight excluding hydrogens is 721 g/mol. The number of methoxy groups -OCH3 is 2. The molecular formula is C44H50N8O5. The number of alkyl carbamates (subject to hydrolysis) is 1. The van der Waals surface area contributed by atoms with Crippen LogP contribution in [0.4, 0.5) is 4.79 Å². The summed E-state index contributed by atoms with van der Waals surface area (Å²) in [6.45, 7) is 2.91. The van der Waals surface area contributed by atoms with Crippen LogP contribution in [0.2, 0.25) is 0 Å². The van der Waals surface area contributed by atoms with E-state index in [1.165, 1.54) is 19.8 Å². The average Bonchev–Trinajstić information content (AvgIpc) is 4.11. The molecule has 1 saturated heterocycles. The molecule has 2 bridgehead atoms. The third-order valence-corrected chi connectivity index (χ3v) is 12.3. The van der Waals surface area contributed by atoms with Gasteiger partial charge < -0.3 is 35.0 Å². The van der Waals surface area contributed by atoms with Crippen LogP contribution in [-0.2, 0) is 25.5 Å². The number of fused-ring (bicyclic) bond motifs is 2. The van der Waals surface area contributed by atoms with E-state index in [2.05, 4.69) is 79.1 Å². The molecule has 0 radical (unpaired) electrons. The number of hydrogen-bond acceptors (Lipinski definition) is 8. The zero-order chi connectivity index (χ0) is 39.5. The third-order valence-electron chi connectivity index (χ3n) is 12.3. The van der Waals surface area contributed by atoms with Crippen molar-refractivity contribution in [1.82, 2.24) is 40.5 Å². The van der Waals surface area contributed by atoms with Crippen molar-refractivity contribution in [3.8, 4) is 33.6 Å². The number of hydrogen-bond donors (Lipinski definition) is 4. The van der Waals surface area contributed by atoms with Gasteiger partial charge in [0, 0.05) is 38.5 Å². The third kappa shape index (κ3) is 7.93. The molecule has 0 spiro atoms. The molecule has 7 atom stereocenters. The molecule has 3 amide bonds. The highest BCUT2D eigenvalue weighted by molar-refractivity contribution is 5.87. The van der Waals surface area contributed by atoms with Gasteiger partial charge in [0.25, 0.3) is 0 Å². The first-order chi connectivity index (χ1) is 27.8. The van der Waals surface area contributed by atoms with Crippen LogP contribution in [0.15, 0.2) is 85.5 Å². The zero-order valence-corrected chi connectivity index (χ0v) is 32.6. The van der Waals surface area contributed by atoms with Crippen molar-refractivity contribution in [1.29, 1.82) is 0 Å². The second kappa shape index (κ2) is 16.7. The van der Waals surface area contributed by atoms with Crippen molar-refractivity contribution in [2.24, 2.45) is 17.8 Å². The first-order valence-corrected chi connectivity index (χ1v) is 20.0. The van der Waals surface area contributed by atoms with Gasteiger partial charge in [-0.1, -0.05) is 48.5 Å². The number of H-pyrrole nitrogens is 2. The number of likely N-dealkylation sites (tertiary alicyclic amines) is 1. The molecule has 8 rings (SSSR count). The highest BCUT2D eigenvalue weighted by atomic mass is 16.5. The first kappa shape index (κ1) is 38.1. The number of imidazole rings is 2. The molecule has 1 aliphatic heterocycles. The number of aromatic amines is 2. The molecule has 2 saturated carbocycles. The molecule has 3 fully saturated rings. The second-order valence-electron chi connectivity index (χ2n) is 15.5. The molecule has 2 aliphatic carbocycles. The van der Waals surface area contributed by atoms with Crippen molar-refractivity contribution >= 4 is 17.9 Å². The monoisotopic (exact) mass is 770 g/mol. The van der Waals surface area contributed by atoms with Gasteiger partial charge in [0.1, 0.15) is 17.7 Å². The maximum atomic E-state index is 13.6. The van der Waals surface area contributed by atoms with Gasteiger partial charge in [-0.25, -0.2) is 14.8 Å². The summed E-state index contributed by atoms with van der Waals surface area (Å²) in [6.07, 6.45) is 11.8. The lowest BCUT2D eigenvalue weighted by molar-refractivity contribution is -0.137. The van der Waals surface area contributed by atoms with Crippen LogP contribution in [-0.4, -0.2) is 87.2 Å². The number of ether oxygens (including phenoxy) is 2. The molecule has 296 valence electrons. The van der Waals surface area contributed by atoms with Gasteiger partial charge in [0.2, 0.25) is 11.8 Å². The Hall–Kier alpha value is -5.82. The minimum atomic E-state index is -0.884. The fourth-order valence-corrected chi connectivity index (χ4v) is 9.24. The molecule has 4 N–H and O–H groups in total. The number of amides is 3. The number of aromatic nitrogens is 5. The van der Waals surface area contributed by atoms with E-state index in [4.69, 9.17) is 14.5 Å². The van der Waals surface area contributed by atoms with Crippen molar-refractivity contribution in [3.63, 3.8) is 0 Å². The molecule has 2 aromatic carbocycles. The number of carbonyl (C=O) groups excluding carboxylic acids is 3. The van der Waals surface area contributed by atoms with Crippen LogP contribution in [0.3, 0.4) is 0 Å². The predicted octanol–water partition coefficient (Wildman–Crippen LogP) is 6.44. The van der Waals surface area contributed by atoms with Crippen LogP contribution in [0.1, 0.15) is 68.2 Å². The molecule has 2 unspecified atom stereocenters. The highest BCUT2D eigenvalue weighted by Gasteiger charge is 2.52. The molecule has 3 aliphatic rings. The zero-order valence-electron chi connectivity index (χ0n) is 32.6. The molecule has 5 aromatic rings. The maximum Gasteiger partial charge on any atom is 0.407 e. The molecule has 3 aromatic heterocycles. The molecule has 57 heavy (non-hydrogen) atoms. The van der Waals surface area contributed by atoms with E-state index < -0.39 is 18.2 Å². The Morgan fingerprint density at radius 1 is 0.825 bits per heavy atom. The SMILES string of the molecule is COC(=O)N[C@H](C(=O)N1CCC[C@H]1c1ncc(-c2ccc(-c3ccc(-c4cnc([C@H]5C6CCC(C6)[C@@H]5C(=O)NCCc5ccncc5)[nH]4)cc3)cc2)[nH]1)[C@@H](C)OC. The summed E-state index contributed by atoms with van der Waals surface area (Å²) >= 11 is 0. The summed E-state index contributed by atoms with van der Waals surface area (Å²) in [4.78, 5) is 61.6. The van der Waals surface area contributed by atoms with Crippen molar-refractivity contribution < 1.29 is 23.9 Å². The Morgan fingerprint density at radius 3 is 2.09 bits per heavy atom. The maximum absolute atomic E-state index is 13.6. The van der Waals surface area contributed by atoms with Crippen LogP contribution >= 0.6 is 0 Å². The van der Waals surface area contributed by atoms with Gasteiger partial charge in [-0.3, -0.25) is 14.6 Å². The second-order valence-corrected chi connectivity index (χ2v) is 15.5. The Morgan fingerprint density at radius 2 is 1.44 bits per heavy atom. The minimum Gasteiger partial charge on any atom is -0.453 e. The summed E-state index contributed by atoms with van der Waals surface area (Å²) in [5.41, 5.74) is 7.18.